The predicted molar refractivity (Wildman–Crippen MR) is 69.9 cm³/mol. The van der Waals surface area contributed by atoms with E-state index in [2.05, 4.69) is 25.7 Å². The highest BCUT2D eigenvalue weighted by Crippen LogP contribution is 2.41. The zero-order valence-electron chi connectivity index (χ0n) is 11.8. The summed E-state index contributed by atoms with van der Waals surface area (Å²) >= 11 is 0. The molecule has 0 aliphatic carbocycles. The maximum Gasteiger partial charge on any atom is 0.219 e. The van der Waals surface area contributed by atoms with Gasteiger partial charge in [0, 0.05) is 25.6 Å². The van der Waals surface area contributed by atoms with Gasteiger partial charge in [0.1, 0.15) is 0 Å². The summed E-state index contributed by atoms with van der Waals surface area (Å²) in [7, 11) is 0. The van der Waals surface area contributed by atoms with Crippen LogP contribution in [0.25, 0.3) is 0 Å². The Hall–Kier alpha value is -0.570. The van der Waals surface area contributed by atoms with Crippen LogP contribution in [0.4, 0.5) is 0 Å². The third kappa shape index (κ3) is 2.65. The number of hydrogen-bond donors (Lipinski definition) is 0. The standard InChI is InChI=1S/C14H26N2O/c1-12(17)15-8-5-14(11-15)6-9-16(10-7-14)13(2,3)4/h5-11H2,1-4H3. The van der Waals surface area contributed by atoms with Crippen LogP contribution in [0.15, 0.2) is 0 Å². The molecule has 1 spiro atoms. The lowest BCUT2D eigenvalue weighted by Gasteiger charge is -2.45. The Bertz CT molecular complexity index is 298. The molecule has 2 aliphatic heterocycles. The normalized spacial score (nSPS) is 25.5. The van der Waals surface area contributed by atoms with Gasteiger partial charge in [-0.05, 0) is 58.5 Å². The minimum Gasteiger partial charge on any atom is -0.342 e. The van der Waals surface area contributed by atoms with Crippen LogP contribution >= 0.6 is 0 Å². The molecule has 0 saturated carbocycles. The molecule has 3 nitrogen and oxygen atoms in total. The molecule has 17 heavy (non-hydrogen) atoms. The van der Waals surface area contributed by atoms with Crippen LogP contribution in [0.2, 0.25) is 0 Å². The van der Waals surface area contributed by atoms with Crippen molar-refractivity contribution in [2.24, 2.45) is 5.41 Å². The fraction of sp³-hybridized carbons (Fsp3) is 0.929. The highest BCUT2D eigenvalue weighted by atomic mass is 16.2. The number of carbonyl (C=O) groups excluding carboxylic acids is 1. The molecule has 2 fully saturated rings. The predicted octanol–water partition coefficient (Wildman–Crippen LogP) is 2.12. The maximum atomic E-state index is 11.4. The monoisotopic (exact) mass is 238 g/mol. The van der Waals surface area contributed by atoms with E-state index in [1.165, 1.54) is 32.4 Å². The second-order valence-electron chi connectivity index (χ2n) is 6.85. The Morgan fingerprint density at radius 2 is 1.59 bits per heavy atom. The van der Waals surface area contributed by atoms with E-state index in [-0.39, 0.29) is 5.91 Å². The molecule has 2 rings (SSSR count). The molecule has 98 valence electrons. The first-order valence-electron chi connectivity index (χ1n) is 6.83. The summed E-state index contributed by atoms with van der Waals surface area (Å²) in [4.78, 5) is 16.0. The average Bonchev–Trinajstić information content (AvgIpc) is 2.62. The molecule has 0 radical (unpaired) electrons. The van der Waals surface area contributed by atoms with Crippen molar-refractivity contribution in [1.29, 1.82) is 0 Å². The summed E-state index contributed by atoms with van der Waals surface area (Å²) in [5, 5.41) is 0. The van der Waals surface area contributed by atoms with Crippen molar-refractivity contribution in [3.8, 4) is 0 Å². The number of hydrogen-bond acceptors (Lipinski definition) is 2. The van der Waals surface area contributed by atoms with Crippen LogP contribution in [0, 0.1) is 5.41 Å². The number of piperidine rings is 1. The van der Waals surface area contributed by atoms with E-state index < -0.39 is 0 Å². The summed E-state index contributed by atoms with van der Waals surface area (Å²) in [6.45, 7) is 12.9. The molecule has 0 N–H and O–H groups in total. The van der Waals surface area contributed by atoms with E-state index in [9.17, 15) is 4.79 Å². The SMILES string of the molecule is CC(=O)N1CCC2(CCN(C(C)(C)C)CC2)C1. The number of amides is 1. The third-order valence-electron chi connectivity index (χ3n) is 4.66. The Balaban J connectivity index is 1.93. The molecule has 1 amide bonds. The van der Waals surface area contributed by atoms with Gasteiger partial charge in [-0.15, -0.1) is 0 Å². The summed E-state index contributed by atoms with van der Waals surface area (Å²) in [6.07, 6.45) is 3.73. The number of nitrogens with zero attached hydrogens (tertiary/aromatic N) is 2. The summed E-state index contributed by atoms with van der Waals surface area (Å²) in [5.41, 5.74) is 0.730. The molecular weight excluding hydrogens is 212 g/mol. The average molecular weight is 238 g/mol. The first-order chi connectivity index (χ1) is 7.82. The van der Waals surface area contributed by atoms with Crippen LogP contribution in [-0.2, 0) is 4.79 Å². The smallest absolute Gasteiger partial charge is 0.219 e. The van der Waals surface area contributed by atoms with E-state index in [4.69, 9.17) is 0 Å². The van der Waals surface area contributed by atoms with Gasteiger partial charge in [-0.25, -0.2) is 0 Å². The Morgan fingerprint density at radius 3 is 2.00 bits per heavy atom. The zero-order chi connectivity index (χ0) is 12.7. The van der Waals surface area contributed by atoms with Crippen molar-refractivity contribution in [2.75, 3.05) is 26.2 Å². The van der Waals surface area contributed by atoms with Crippen LogP contribution < -0.4 is 0 Å². The van der Waals surface area contributed by atoms with E-state index in [0.717, 1.165) is 13.1 Å². The molecule has 0 aromatic heterocycles. The van der Waals surface area contributed by atoms with Crippen molar-refractivity contribution < 1.29 is 4.79 Å². The number of likely N-dealkylation sites (tertiary alicyclic amines) is 2. The summed E-state index contributed by atoms with van der Waals surface area (Å²) in [5.74, 6) is 0.250. The maximum absolute atomic E-state index is 11.4. The van der Waals surface area contributed by atoms with Gasteiger partial charge >= 0.3 is 0 Å². The minimum atomic E-state index is 0.250. The van der Waals surface area contributed by atoms with Crippen molar-refractivity contribution in [3.63, 3.8) is 0 Å². The molecule has 3 heteroatoms. The molecule has 2 saturated heterocycles. The molecule has 0 aromatic rings. The molecule has 0 bridgehead atoms. The van der Waals surface area contributed by atoms with E-state index in [0.29, 0.717) is 11.0 Å². The van der Waals surface area contributed by atoms with E-state index in [1.807, 2.05) is 4.90 Å². The summed E-state index contributed by atoms with van der Waals surface area (Å²) < 4.78 is 0. The Morgan fingerprint density at radius 1 is 1.06 bits per heavy atom. The molecular formula is C14H26N2O. The van der Waals surface area contributed by atoms with Gasteiger partial charge in [0.2, 0.25) is 5.91 Å². The molecule has 0 atom stereocenters. The second kappa shape index (κ2) is 4.27. The molecule has 0 unspecified atom stereocenters. The Labute approximate surface area is 105 Å². The van der Waals surface area contributed by atoms with Crippen molar-refractivity contribution >= 4 is 5.91 Å². The molecule has 0 aromatic carbocycles. The highest BCUT2D eigenvalue weighted by molar-refractivity contribution is 5.73. The van der Waals surface area contributed by atoms with Crippen molar-refractivity contribution in [3.05, 3.63) is 0 Å². The van der Waals surface area contributed by atoms with Crippen molar-refractivity contribution in [1.82, 2.24) is 9.80 Å². The lowest BCUT2D eigenvalue weighted by atomic mass is 9.77. The van der Waals surface area contributed by atoms with Crippen molar-refractivity contribution in [2.45, 2.75) is 52.5 Å². The second-order valence-corrected chi connectivity index (χ2v) is 6.85. The van der Waals surface area contributed by atoms with E-state index >= 15 is 0 Å². The minimum absolute atomic E-state index is 0.250. The summed E-state index contributed by atoms with van der Waals surface area (Å²) in [6, 6.07) is 0. The van der Waals surface area contributed by atoms with Gasteiger partial charge in [-0.2, -0.15) is 0 Å². The molecule has 2 aliphatic rings. The van der Waals surface area contributed by atoms with E-state index in [1.54, 1.807) is 6.92 Å². The highest BCUT2D eigenvalue weighted by Gasteiger charge is 2.42. The Kier molecular flexibility index (Phi) is 3.23. The van der Waals surface area contributed by atoms with Crippen LogP contribution in [0.5, 0.6) is 0 Å². The van der Waals surface area contributed by atoms with Gasteiger partial charge in [-0.1, -0.05) is 0 Å². The van der Waals surface area contributed by atoms with Gasteiger partial charge in [0.15, 0.2) is 0 Å². The molecule has 2 heterocycles. The van der Waals surface area contributed by atoms with Gasteiger partial charge in [0.05, 0.1) is 0 Å². The zero-order valence-corrected chi connectivity index (χ0v) is 11.8. The quantitative estimate of drug-likeness (QED) is 0.645. The fourth-order valence-electron chi connectivity index (χ4n) is 3.26. The largest absolute Gasteiger partial charge is 0.342 e. The fourth-order valence-corrected chi connectivity index (χ4v) is 3.26. The third-order valence-corrected chi connectivity index (χ3v) is 4.66. The van der Waals surface area contributed by atoms with Gasteiger partial charge in [0.25, 0.3) is 0 Å². The number of carbonyl (C=O) groups is 1. The topological polar surface area (TPSA) is 23.6 Å². The first kappa shape index (κ1) is 12.9. The van der Waals surface area contributed by atoms with Crippen LogP contribution in [0.3, 0.4) is 0 Å². The lowest BCUT2D eigenvalue weighted by Crippen LogP contribution is -2.49. The van der Waals surface area contributed by atoms with Gasteiger partial charge < -0.3 is 4.90 Å². The van der Waals surface area contributed by atoms with Gasteiger partial charge in [-0.3, -0.25) is 9.69 Å². The number of rotatable bonds is 0. The van der Waals surface area contributed by atoms with Crippen LogP contribution in [-0.4, -0.2) is 47.4 Å². The lowest BCUT2D eigenvalue weighted by molar-refractivity contribution is -0.128. The van der Waals surface area contributed by atoms with Crippen LogP contribution in [0.1, 0.15) is 47.0 Å². The first-order valence-corrected chi connectivity index (χ1v) is 6.83.